The van der Waals surface area contributed by atoms with E-state index in [0.29, 0.717) is 44.8 Å². The van der Waals surface area contributed by atoms with E-state index in [4.69, 9.17) is 0 Å². The fourth-order valence-corrected chi connectivity index (χ4v) is 5.37. The topological polar surface area (TPSA) is 82.0 Å². The summed E-state index contributed by atoms with van der Waals surface area (Å²) in [4.78, 5) is 16.7. The van der Waals surface area contributed by atoms with Gasteiger partial charge in [0.25, 0.3) is 16.1 Å². The first-order chi connectivity index (χ1) is 14.3. The molecular formula is C20H28N6O3S. The number of nitrogens with zero attached hydrogens (tertiary/aromatic N) is 6. The van der Waals surface area contributed by atoms with Crippen LogP contribution < -0.4 is 0 Å². The Balaban J connectivity index is 1.36. The molecule has 0 saturated carbocycles. The van der Waals surface area contributed by atoms with Crippen LogP contribution in [0.3, 0.4) is 0 Å². The molecule has 2 aromatic rings. The smallest absolute Gasteiger partial charge is 0.282 e. The van der Waals surface area contributed by atoms with E-state index in [0.717, 1.165) is 24.3 Å². The lowest BCUT2D eigenvalue weighted by Gasteiger charge is -2.39. The molecule has 30 heavy (non-hydrogen) atoms. The van der Waals surface area contributed by atoms with Crippen molar-refractivity contribution in [1.29, 1.82) is 0 Å². The SMILES string of the molecule is Cc1cnn(-c2ccc(C(=O)N3CCN(S(=O)(=O)N4CCN(C)CC4)CC3)cc2)c1. The zero-order chi connectivity index (χ0) is 21.3. The third kappa shape index (κ3) is 4.27. The summed E-state index contributed by atoms with van der Waals surface area (Å²) < 4.78 is 30.6. The van der Waals surface area contributed by atoms with E-state index in [1.165, 1.54) is 4.31 Å². The molecule has 1 aromatic carbocycles. The number of rotatable bonds is 4. The Morgan fingerprint density at radius 3 is 2.00 bits per heavy atom. The van der Waals surface area contributed by atoms with E-state index in [-0.39, 0.29) is 5.91 Å². The third-order valence-electron chi connectivity index (χ3n) is 5.73. The molecule has 9 nitrogen and oxygen atoms in total. The molecule has 0 spiro atoms. The summed E-state index contributed by atoms with van der Waals surface area (Å²) >= 11 is 0. The highest BCUT2D eigenvalue weighted by atomic mass is 32.2. The Labute approximate surface area is 177 Å². The molecular weight excluding hydrogens is 404 g/mol. The lowest BCUT2D eigenvalue weighted by molar-refractivity contribution is 0.0692. The lowest BCUT2D eigenvalue weighted by atomic mass is 10.1. The van der Waals surface area contributed by atoms with E-state index in [2.05, 4.69) is 10.00 Å². The van der Waals surface area contributed by atoms with Gasteiger partial charge in [0.1, 0.15) is 0 Å². The van der Waals surface area contributed by atoms with Crippen molar-refractivity contribution in [2.75, 3.05) is 59.4 Å². The highest BCUT2D eigenvalue weighted by Gasteiger charge is 2.34. The number of hydrogen-bond acceptors (Lipinski definition) is 5. The molecule has 2 aliphatic heterocycles. The lowest BCUT2D eigenvalue weighted by Crippen LogP contribution is -2.57. The highest BCUT2D eigenvalue weighted by Crippen LogP contribution is 2.17. The standard InChI is InChI=1S/C20H28N6O3S/c1-17-15-21-26(16-17)19-5-3-18(4-6-19)20(27)23-9-13-25(14-10-23)30(28,29)24-11-7-22(2)8-12-24/h3-6,15-16H,7-14H2,1-2H3. The summed E-state index contributed by atoms with van der Waals surface area (Å²) in [6.07, 6.45) is 3.71. The minimum atomic E-state index is -3.46. The van der Waals surface area contributed by atoms with Gasteiger partial charge < -0.3 is 9.80 Å². The molecule has 2 fully saturated rings. The Bertz CT molecular complexity index is 988. The van der Waals surface area contributed by atoms with Gasteiger partial charge in [-0.25, -0.2) is 4.68 Å². The zero-order valence-electron chi connectivity index (χ0n) is 17.4. The number of amides is 1. The summed E-state index contributed by atoms with van der Waals surface area (Å²) in [5, 5.41) is 4.28. The molecule has 0 aliphatic carbocycles. The zero-order valence-corrected chi connectivity index (χ0v) is 18.3. The second kappa shape index (κ2) is 8.46. The summed E-state index contributed by atoms with van der Waals surface area (Å²) in [6, 6.07) is 7.32. The van der Waals surface area contributed by atoms with Gasteiger partial charge in [0.05, 0.1) is 11.9 Å². The first-order valence-corrected chi connectivity index (χ1v) is 11.6. The molecule has 2 saturated heterocycles. The number of hydrogen-bond donors (Lipinski definition) is 0. The molecule has 1 amide bonds. The van der Waals surface area contributed by atoms with Gasteiger partial charge in [-0.05, 0) is 43.8 Å². The van der Waals surface area contributed by atoms with E-state index in [1.54, 1.807) is 32.2 Å². The summed E-state index contributed by atoms with van der Waals surface area (Å²) in [6.45, 7) is 5.93. The number of aryl methyl sites for hydroxylation is 1. The van der Waals surface area contributed by atoms with Gasteiger partial charge in [0, 0.05) is 64.1 Å². The van der Waals surface area contributed by atoms with E-state index in [1.807, 2.05) is 32.3 Å². The molecule has 2 aliphatic rings. The van der Waals surface area contributed by atoms with Crippen molar-refractivity contribution in [3.63, 3.8) is 0 Å². The average Bonchev–Trinajstić information content (AvgIpc) is 3.20. The van der Waals surface area contributed by atoms with Crippen LogP contribution in [0.2, 0.25) is 0 Å². The van der Waals surface area contributed by atoms with Crippen LogP contribution >= 0.6 is 0 Å². The molecule has 0 radical (unpaired) electrons. The monoisotopic (exact) mass is 432 g/mol. The summed E-state index contributed by atoms with van der Waals surface area (Å²) in [5.74, 6) is -0.0742. The number of piperazine rings is 2. The van der Waals surface area contributed by atoms with Gasteiger partial charge in [0.15, 0.2) is 0 Å². The second-order valence-corrected chi connectivity index (χ2v) is 9.84. The van der Waals surface area contributed by atoms with Gasteiger partial charge in [-0.1, -0.05) is 0 Å². The number of benzene rings is 1. The normalized spacial score (nSPS) is 19.9. The van der Waals surface area contributed by atoms with Crippen molar-refractivity contribution in [2.45, 2.75) is 6.92 Å². The van der Waals surface area contributed by atoms with Crippen molar-refractivity contribution in [2.24, 2.45) is 0 Å². The predicted molar refractivity (Wildman–Crippen MR) is 114 cm³/mol. The number of carbonyl (C=O) groups is 1. The molecule has 0 atom stereocenters. The maximum atomic E-state index is 12.9. The minimum Gasteiger partial charge on any atom is -0.336 e. The molecule has 10 heteroatoms. The first-order valence-electron chi connectivity index (χ1n) is 10.2. The molecule has 3 heterocycles. The number of likely N-dealkylation sites (N-methyl/N-ethyl adjacent to an activating group) is 1. The average molecular weight is 433 g/mol. The van der Waals surface area contributed by atoms with Crippen molar-refractivity contribution in [3.8, 4) is 5.69 Å². The highest BCUT2D eigenvalue weighted by molar-refractivity contribution is 7.86. The van der Waals surface area contributed by atoms with Crippen LogP contribution in [0, 0.1) is 6.92 Å². The Morgan fingerprint density at radius 1 is 0.900 bits per heavy atom. The molecule has 1 aromatic heterocycles. The molecule has 0 unspecified atom stereocenters. The molecule has 162 valence electrons. The van der Waals surface area contributed by atoms with Crippen LogP contribution in [0.5, 0.6) is 0 Å². The fourth-order valence-electron chi connectivity index (χ4n) is 3.80. The summed E-state index contributed by atoms with van der Waals surface area (Å²) in [7, 11) is -1.47. The largest absolute Gasteiger partial charge is 0.336 e. The summed E-state index contributed by atoms with van der Waals surface area (Å²) in [5.41, 5.74) is 2.56. The van der Waals surface area contributed by atoms with Crippen LogP contribution in [0.25, 0.3) is 5.69 Å². The van der Waals surface area contributed by atoms with Crippen LogP contribution in [-0.2, 0) is 10.2 Å². The van der Waals surface area contributed by atoms with Crippen molar-refractivity contribution in [1.82, 2.24) is 28.2 Å². The predicted octanol–water partition coefficient (Wildman–Crippen LogP) is 0.431. The maximum absolute atomic E-state index is 12.9. The van der Waals surface area contributed by atoms with Crippen molar-refractivity contribution in [3.05, 3.63) is 47.8 Å². The quantitative estimate of drug-likeness (QED) is 0.700. The van der Waals surface area contributed by atoms with Crippen LogP contribution in [0.4, 0.5) is 0 Å². The number of carbonyl (C=O) groups excluding carboxylic acids is 1. The third-order valence-corrected chi connectivity index (χ3v) is 7.77. The van der Waals surface area contributed by atoms with Crippen LogP contribution in [0.15, 0.2) is 36.7 Å². The van der Waals surface area contributed by atoms with Gasteiger partial charge >= 0.3 is 0 Å². The van der Waals surface area contributed by atoms with E-state index in [9.17, 15) is 13.2 Å². The second-order valence-electron chi connectivity index (χ2n) is 7.91. The van der Waals surface area contributed by atoms with E-state index >= 15 is 0 Å². The fraction of sp³-hybridized carbons (Fsp3) is 0.500. The van der Waals surface area contributed by atoms with Gasteiger partial charge in [-0.3, -0.25) is 4.79 Å². The Hall–Kier alpha value is -2.27. The number of aromatic nitrogens is 2. The maximum Gasteiger partial charge on any atom is 0.282 e. The van der Waals surface area contributed by atoms with Gasteiger partial charge in [-0.15, -0.1) is 0 Å². The first kappa shape index (κ1) is 21.0. The molecule has 0 N–H and O–H groups in total. The van der Waals surface area contributed by atoms with Crippen molar-refractivity contribution >= 4 is 16.1 Å². The molecule has 0 bridgehead atoms. The van der Waals surface area contributed by atoms with Gasteiger partial charge in [0.2, 0.25) is 0 Å². The van der Waals surface area contributed by atoms with Crippen molar-refractivity contribution < 1.29 is 13.2 Å². The van der Waals surface area contributed by atoms with Crippen LogP contribution in [0.1, 0.15) is 15.9 Å². The molecule has 4 rings (SSSR count). The van der Waals surface area contributed by atoms with Crippen LogP contribution in [-0.4, -0.2) is 102 Å². The Morgan fingerprint density at radius 2 is 1.47 bits per heavy atom. The Kier molecular flexibility index (Phi) is 5.92. The minimum absolute atomic E-state index is 0.0742. The van der Waals surface area contributed by atoms with E-state index < -0.39 is 10.2 Å². The van der Waals surface area contributed by atoms with Gasteiger partial charge in [-0.2, -0.15) is 22.1 Å².